The lowest BCUT2D eigenvalue weighted by molar-refractivity contribution is -0.155. The number of aromatic nitrogens is 1. The van der Waals surface area contributed by atoms with Crippen molar-refractivity contribution in [3.05, 3.63) is 64.8 Å². The lowest BCUT2D eigenvalue weighted by Gasteiger charge is -2.25. The van der Waals surface area contributed by atoms with Gasteiger partial charge in [0.15, 0.2) is 11.5 Å². The van der Waals surface area contributed by atoms with Gasteiger partial charge in [-0.3, -0.25) is 0 Å². The molecule has 1 aromatic heterocycles. The molecule has 0 saturated heterocycles. The Balaban J connectivity index is 1.46. The first kappa shape index (κ1) is 16.7. The van der Waals surface area contributed by atoms with Gasteiger partial charge in [0.05, 0.1) is 5.52 Å². The maximum atomic E-state index is 12.3. The first-order chi connectivity index (χ1) is 12.6. The second kappa shape index (κ2) is 6.84. The fourth-order valence-electron chi connectivity index (χ4n) is 2.78. The summed E-state index contributed by atoms with van der Waals surface area (Å²) in [5.74, 6) is 0.648. The van der Waals surface area contributed by atoms with E-state index in [2.05, 4.69) is 4.98 Å². The van der Waals surface area contributed by atoms with Gasteiger partial charge in [-0.1, -0.05) is 35.9 Å². The number of aryl methyl sites for hydroxylation is 1. The summed E-state index contributed by atoms with van der Waals surface area (Å²) >= 11 is 6.23. The monoisotopic (exact) mass is 369 g/mol. The van der Waals surface area contributed by atoms with E-state index in [4.69, 9.17) is 25.8 Å². The van der Waals surface area contributed by atoms with Crippen LogP contribution in [0.5, 0.6) is 11.5 Å². The van der Waals surface area contributed by atoms with Crippen molar-refractivity contribution >= 4 is 28.5 Å². The van der Waals surface area contributed by atoms with Gasteiger partial charge in [-0.2, -0.15) is 0 Å². The van der Waals surface area contributed by atoms with Gasteiger partial charge in [-0.05, 0) is 36.8 Å². The van der Waals surface area contributed by atoms with Crippen molar-refractivity contribution < 1.29 is 19.0 Å². The standard InChI is InChI=1S/C20H16ClNO4/c1-12-6-7-13-9-14(19(21)22-15(13)8-12)10-25-20(23)18-11-24-16-4-2-3-5-17(16)26-18/h2-9,18H,10-11H2,1H3/t18-/m0/s1. The number of hydrogen-bond acceptors (Lipinski definition) is 5. The molecule has 26 heavy (non-hydrogen) atoms. The SMILES string of the molecule is Cc1ccc2cc(COC(=O)[C@@H]3COc4ccccc4O3)c(Cl)nc2c1. The van der Waals surface area contributed by atoms with E-state index in [1.54, 1.807) is 12.1 Å². The number of halogens is 1. The second-order valence-corrected chi connectivity index (χ2v) is 6.46. The van der Waals surface area contributed by atoms with E-state index in [1.165, 1.54) is 0 Å². The number of nitrogens with zero attached hydrogens (tertiary/aromatic N) is 1. The highest BCUT2D eigenvalue weighted by molar-refractivity contribution is 6.30. The van der Waals surface area contributed by atoms with Gasteiger partial charge in [0.2, 0.25) is 6.10 Å². The van der Waals surface area contributed by atoms with Crippen LogP contribution >= 0.6 is 11.6 Å². The Hall–Kier alpha value is -2.79. The molecule has 0 N–H and O–H groups in total. The summed E-state index contributed by atoms with van der Waals surface area (Å²) in [6, 6.07) is 15.0. The molecule has 0 saturated carbocycles. The van der Waals surface area contributed by atoms with Crippen molar-refractivity contribution in [2.24, 2.45) is 0 Å². The van der Waals surface area contributed by atoms with Crippen LogP contribution in [0.3, 0.4) is 0 Å². The third-order valence-electron chi connectivity index (χ3n) is 4.14. The Morgan fingerprint density at radius 3 is 2.88 bits per heavy atom. The van der Waals surface area contributed by atoms with Gasteiger partial charge in [-0.25, -0.2) is 9.78 Å². The predicted molar refractivity (Wildman–Crippen MR) is 97.6 cm³/mol. The fourth-order valence-corrected chi connectivity index (χ4v) is 2.98. The summed E-state index contributed by atoms with van der Waals surface area (Å²) < 4.78 is 16.6. The van der Waals surface area contributed by atoms with Gasteiger partial charge in [0.25, 0.3) is 0 Å². The first-order valence-electron chi connectivity index (χ1n) is 8.21. The molecule has 5 nitrogen and oxygen atoms in total. The molecule has 1 aliphatic heterocycles. The normalized spacial score (nSPS) is 15.7. The largest absolute Gasteiger partial charge is 0.485 e. The molecule has 1 aliphatic rings. The van der Waals surface area contributed by atoms with Gasteiger partial charge < -0.3 is 14.2 Å². The molecule has 2 aromatic carbocycles. The second-order valence-electron chi connectivity index (χ2n) is 6.11. The quantitative estimate of drug-likeness (QED) is 0.514. The molecule has 0 amide bonds. The van der Waals surface area contributed by atoms with Crippen molar-refractivity contribution in [2.75, 3.05) is 6.61 Å². The van der Waals surface area contributed by atoms with E-state index in [0.29, 0.717) is 22.2 Å². The van der Waals surface area contributed by atoms with Crippen LogP contribution in [-0.2, 0) is 16.1 Å². The Morgan fingerprint density at radius 2 is 2.04 bits per heavy atom. The number of ether oxygens (including phenoxy) is 3. The topological polar surface area (TPSA) is 57.7 Å². The number of carbonyl (C=O) groups excluding carboxylic acids is 1. The van der Waals surface area contributed by atoms with E-state index in [-0.39, 0.29) is 13.2 Å². The van der Waals surface area contributed by atoms with Crippen LogP contribution in [0, 0.1) is 6.92 Å². The molecule has 0 fully saturated rings. The van der Waals surface area contributed by atoms with Crippen molar-refractivity contribution in [2.45, 2.75) is 19.6 Å². The third-order valence-corrected chi connectivity index (χ3v) is 4.47. The molecule has 0 bridgehead atoms. The number of carbonyl (C=O) groups is 1. The predicted octanol–water partition coefficient (Wildman–Crippen LogP) is 4.08. The molecule has 3 aromatic rings. The summed E-state index contributed by atoms with van der Waals surface area (Å²) in [7, 11) is 0. The molecule has 4 rings (SSSR count). The van der Waals surface area contributed by atoms with Crippen LogP contribution in [0.4, 0.5) is 0 Å². The Labute approximate surface area is 155 Å². The van der Waals surface area contributed by atoms with E-state index in [9.17, 15) is 4.79 Å². The molecule has 2 heterocycles. The average molecular weight is 370 g/mol. The van der Waals surface area contributed by atoms with Crippen molar-refractivity contribution in [3.8, 4) is 11.5 Å². The summed E-state index contributed by atoms with van der Waals surface area (Å²) in [5, 5.41) is 1.26. The van der Waals surface area contributed by atoms with E-state index < -0.39 is 12.1 Å². The van der Waals surface area contributed by atoms with Gasteiger partial charge in [0.1, 0.15) is 18.4 Å². The number of fused-ring (bicyclic) bond motifs is 2. The summed E-state index contributed by atoms with van der Waals surface area (Å²) in [6.07, 6.45) is -0.806. The molecule has 0 unspecified atom stereocenters. The van der Waals surface area contributed by atoms with E-state index in [0.717, 1.165) is 16.5 Å². The molecule has 0 spiro atoms. The molecule has 0 radical (unpaired) electrons. The highest BCUT2D eigenvalue weighted by Gasteiger charge is 2.28. The van der Waals surface area contributed by atoms with Gasteiger partial charge in [-0.15, -0.1) is 0 Å². The van der Waals surface area contributed by atoms with Crippen LogP contribution < -0.4 is 9.47 Å². The van der Waals surface area contributed by atoms with Crippen molar-refractivity contribution in [3.63, 3.8) is 0 Å². The van der Waals surface area contributed by atoms with Crippen LogP contribution in [0.1, 0.15) is 11.1 Å². The maximum absolute atomic E-state index is 12.3. The number of rotatable bonds is 3. The zero-order chi connectivity index (χ0) is 18.1. The van der Waals surface area contributed by atoms with E-state index in [1.807, 2.05) is 43.3 Å². The lowest BCUT2D eigenvalue weighted by atomic mass is 10.1. The smallest absolute Gasteiger partial charge is 0.351 e. The molecular formula is C20H16ClNO4. The first-order valence-corrected chi connectivity index (χ1v) is 8.59. The number of pyridine rings is 1. The summed E-state index contributed by atoms with van der Waals surface area (Å²) in [4.78, 5) is 16.7. The Bertz CT molecular complexity index is 989. The highest BCUT2D eigenvalue weighted by atomic mass is 35.5. The van der Waals surface area contributed by atoms with Crippen LogP contribution in [0.25, 0.3) is 10.9 Å². The minimum atomic E-state index is -0.806. The third kappa shape index (κ3) is 3.30. The Morgan fingerprint density at radius 1 is 1.23 bits per heavy atom. The molecule has 0 aliphatic carbocycles. The minimum absolute atomic E-state index is 0.0238. The number of benzene rings is 2. The van der Waals surface area contributed by atoms with Crippen molar-refractivity contribution in [1.29, 1.82) is 0 Å². The van der Waals surface area contributed by atoms with Crippen LogP contribution in [0.2, 0.25) is 5.15 Å². The van der Waals surface area contributed by atoms with Crippen molar-refractivity contribution in [1.82, 2.24) is 4.98 Å². The molecule has 132 valence electrons. The van der Waals surface area contributed by atoms with Crippen LogP contribution in [-0.4, -0.2) is 23.7 Å². The molecule has 6 heteroatoms. The summed E-state index contributed by atoms with van der Waals surface area (Å²) in [6.45, 7) is 2.13. The zero-order valence-electron chi connectivity index (χ0n) is 14.1. The minimum Gasteiger partial charge on any atom is -0.485 e. The van der Waals surface area contributed by atoms with Gasteiger partial charge >= 0.3 is 5.97 Å². The average Bonchev–Trinajstić information content (AvgIpc) is 2.65. The highest BCUT2D eigenvalue weighted by Crippen LogP contribution is 2.31. The summed E-state index contributed by atoms with van der Waals surface area (Å²) in [5.41, 5.74) is 2.56. The lowest BCUT2D eigenvalue weighted by Crippen LogP contribution is -2.37. The van der Waals surface area contributed by atoms with Crippen LogP contribution in [0.15, 0.2) is 48.5 Å². The maximum Gasteiger partial charge on any atom is 0.351 e. The molecular weight excluding hydrogens is 354 g/mol. The zero-order valence-corrected chi connectivity index (χ0v) is 14.8. The number of para-hydroxylation sites is 2. The molecule has 1 atom stereocenters. The Kier molecular flexibility index (Phi) is 4.39. The fraction of sp³-hybridized carbons (Fsp3) is 0.200. The van der Waals surface area contributed by atoms with E-state index >= 15 is 0 Å². The van der Waals surface area contributed by atoms with Gasteiger partial charge in [0, 0.05) is 10.9 Å². The number of esters is 1. The number of hydrogen-bond donors (Lipinski definition) is 0.